The minimum Gasteiger partial charge on any atom is -0.494 e. The number of ether oxygens (including phenoxy) is 1. The van der Waals surface area contributed by atoms with Crippen molar-refractivity contribution < 1.29 is 18.7 Å². The Morgan fingerprint density at radius 1 is 1.14 bits per heavy atom. The van der Waals surface area contributed by atoms with Crippen LogP contribution in [0.15, 0.2) is 52.9 Å². The van der Waals surface area contributed by atoms with Gasteiger partial charge in [-0.05, 0) is 48.9 Å². The molecule has 0 saturated carbocycles. The van der Waals surface area contributed by atoms with Crippen LogP contribution < -0.4 is 4.74 Å². The highest BCUT2D eigenvalue weighted by Crippen LogP contribution is 2.29. The van der Waals surface area contributed by atoms with Crippen molar-refractivity contribution in [3.63, 3.8) is 0 Å². The van der Waals surface area contributed by atoms with E-state index in [1.807, 2.05) is 6.92 Å². The van der Waals surface area contributed by atoms with Gasteiger partial charge in [0.05, 0.1) is 6.61 Å². The second kappa shape index (κ2) is 5.58. The van der Waals surface area contributed by atoms with E-state index in [9.17, 15) is 9.50 Å². The highest BCUT2D eigenvalue weighted by Gasteiger charge is 2.16. The minimum absolute atomic E-state index is 0.328. The van der Waals surface area contributed by atoms with Gasteiger partial charge in [-0.3, -0.25) is 0 Å². The Labute approximate surface area is 121 Å². The summed E-state index contributed by atoms with van der Waals surface area (Å²) in [6, 6.07) is 13.1. The second-order valence-electron chi connectivity index (χ2n) is 4.74. The van der Waals surface area contributed by atoms with Crippen molar-refractivity contribution in [1.82, 2.24) is 0 Å². The van der Waals surface area contributed by atoms with Gasteiger partial charge in [-0.2, -0.15) is 0 Å². The number of aliphatic hydroxyl groups excluding tert-OH is 1. The first kappa shape index (κ1) is 13.6. The molecule has 0 aliphatic heterocycles. The Bertz CT molecular complexity index is 746. The lowest BCUT2D eigenvalue weighted by Gasteiger charge is -2.09. The van der Waals surface area contributed by atoms with Gasteiger partial charge >= 0.3 is 0 Å². The van der Waals surface area contributed by atoms with Gasteiger partial charge in [0.2, 0.25) is 0 Å². The smallest absolute Gasteiger partial charge is 0.138 e. The highest BCUT2D eigenvalue weighted by molar-refractivity contribution is 5.78. The molecule has 0 radical (unpaired) electrons. The summed E-state index contributed by atoms with van der Waals surface area (Å²) in [5.41, 5.74) is 1.24. The van der Waals surface area contributed by atoms with Crippen LogP contribution in [0.5, 0.6) is 5.75 Å². The van der Waals surface area contributed by atoms with Crippen molar-refractivity contribution in [2.75, 3.05) is 6.61 Å². The molecule has 0 aliphatic carbocycles. The molecule has 4 heteroatoms. The fraction of sp³-hybridized carbons (Fsp3) is 0.176. The van der Waals surface area contributed by atoms with Gasteiger partial charge in [0.25, 0.3) is 0 Å². The third-order valence-corrected chi connectivity index (χ3v) is 3.27. The van der Waals surface area contributed by atoms with E-state index in [0.29, 0.717) is 28.9 Å². The summed E-state index contributed by atoms with van der Waals surface area (Å²) in [5.74, 6) is 0.810. The lowest BCUT2D eigenvalue weighted by molar-refractivity contribution is 0.192. The molecule has 0 saturated heterocycles. The van der Waals surface area contributed by atoms with E-state index in [0.717, 1.165) is 5.75 Å². The molecule has 0 bridgehead atoms. The molecule has 3 aromatic rings. The van der Waals surface area contributed by atoms with Crippen molar-refractivity contribution in [2.24, 2.45) is 0 Å². The fourth-order valence-corrected chi connectivity index (χ4v) is 2.25. The second-order valence-corrected chi connectivity index (χ2v) is 4.74. The first-order valence-electron chi connectivity index (χ1n) is 6.77. The number of fused-ring (bicyclic) bond motifs is 1. The SMILES string of the molecule is CCOc1ccc(C(O)c2cc3cc(F)ccc3o2)cc1. The number of hydrogen-bond donors (Lipinski definition) is 1. The predicted molar refractivity (Wildman–Crippen MR) is 77.8 cm³/mol. The van der Waals surface area contributed by atoms with Gasteiger partial charge in [0.15, 0.2) is 0 Å². The molecular formula is C17H15FO3. The van der Waals surface area contributed by atoms with E-state index in [1.165, 1.54) is 12.1 Å². The van der Waals surface area contributed by atoms with Gasteiger partial charge in [-0.25, -0.2) is 4.39 Å². The molecule has 1 unspecified atom stereocenters. The fourth-order valence-electron chi connectivity index (χ4n) is 2.25. The normalized spacial score (nSPS) is 12.5. The van der Waals surface area contributed by atoms with Gasteiger partial charge in [0.1, 0.15) is 29.0 Å². The van der Waals surface area contributed by atoms with E-state index < -0.39 is 6.10 Å². The topological polar surface area (TPSA) is 42.6 Å². The first-order chi connectivity index (χ1) is 10.2. The zero-order valence-corrected chi connectivity index (χ0v) is 11.5. The summed E-state index contributed by atoms with van der Waals surface area (Å²) in [7, 11) is 0. The van der Waals surface area contributed by atoms with Crippen LogP contribution in [-0.2, 0) is 0 Å². The average molecular weight is 286 g/mol. The van der Waals surface area contributed by atoms with Crippen molar-refractivity contribution >= 4 is 11.0 Å². The van der Waals surface area contributed by atoms with Crippen LogP contribution in [0.4, 0.5) is 4.39 Å². The molecule has 2 aromatic carbocycles. The number of halogens is 1. The minimum atomic E-state index is -0.892. The zero-order valence-electron chi connectivity index (χ0n) is 11.5. The van der Waals surface area contributed by atoms with Crippen molar-refractivity contribution in [3.05, 3.63) is 65.7 Å². The van der Waals surface area contributed by atoms with Crippen LogP contribution in [0.25, 0.3) is 11.0 Å². The molecule has 3 rings (SSSR count). The summed E-state index contributed by atoms with van der Waals surface area (Å²) in [4.78, 5) is 0. The van der Waals surface area contributed by atoms with Crippen LogP contribution >= 0.6 is 0 Å². The first-order valence-corrected chi connectivity index (χ1v) is 6.77. The Balaban J connectivity index is 1.90. The third-order valence-electron chi connectivity index (χ3n) is 3.27. The molecule has 1 aromatic heterocycles. The maximum atomic E-state index is 13.2. The molecule has 0 spiro atoms. The van der Waals surface area contributed by atoms with Gasteiger partial charge in [-0.1, -0.05) is 12.1 Å². The maximum absolute atomic E-state index is 13.2. The molecular weight excluding hydrogens is 271 g/mol. The highest BCUT2D eigenvalue weighted by atomic mass is 19.1. The van der Waals surface area contributed by atoms with Crippen LogP contribution in [0, 0.1) is 5.82 Å². The summed E-state index contributed by atoms with van der Waals surface area (Å²) in [6.45, 7) is 2.51. The van der Waals surface area contributed by atoms with Gasteiger partial charge in [0, 0.05) is 5.39 Å². The Hall–Kier alpha value is -2.33. The number of benzene rings is 2. The molecule has 0 amide bonds. The van der Waals surface area contributed by atoms with E-state index >= 15 is 0 Å². The van der Waals surface area contributed by atoms with E-state index in [2.05, 4.69) is 0 Å². The van der Waals surface area contributed by atoms with Crippen molar-refractivity contribution in [1.29, 1.82) is 0 Å². The van der Waals surface area contributed by atoms with Crippen LogP contribution in [0.3, 0.4) is 0 Å². The predicted octanol–water partition coefficient (Wildman–Crippen LogP) is 4.05. The summed E-state index contributed by atoms with van der Waals surface area (Å²) < 4.78 is 24.1. The standard InChI is InChI=1S/C17H15FO3/c1-2-20-14-6-3-11(4-7-14)17(19)16-10-12-9-13(18)5-8-15(12)21-16/h3-10,17,19H,2H2,1H3. The summed E-state index contributed by atoms with van der Waals surface area (Å²) >= 11 is 0. The number of rotatable bonds is 4. The van der Waals surface area contributed by atoms with E-state index in [-0.39, 0.29) is 5.82 Å². The van der Waals surface area contributed by atoms with Crippen molar-refractivity contribution in [2.45, 2.75) is 13.0 Å². The molecule has 21 heavy (non-hydrogen) atoms. The summed E-state index contributed by atoms with van der Waals surface area (Å²) in [6.07, 6.45) is -0.892. The molecule has 1 N–H and O–H groups in total. The monoisotopic (exact) mass is 286 g/mol. The third kappa shape index (κ3) is 2.76. The summed E-state index contributed by atoms with van der Waals surface area (Å²) in [5, 5.41) is 11.0. The molecule has 1 atom stereocenters. The lowest BCUT2D eigenvalue weighted by atomic mass is 10.1. The number of aliphatic hydroxyl groups is 1. The number of hydrogen-bond acceptors (Lipinski definition) is 3. The van der Waals surface area contributed by atoms with Gasteiger partial charge in [-0.15, -0.1) is 0 Å². The Morgan fingerprint density at radius 2 is 1.90 bits per heavy atom. The zero-order chi connectivity index (χ0) is 14.8. The van der Waals surface area contributed by atoms with Gasteiger partial charge < -0.3 is 14.3 Å². The Kier molecular flexibility index (Phi) is 3.62. The Morgan fingerprint density at radius 3 is 2.62 bits per heavy atom. The van der Waals surface area contributed by atoms with Crippen LogP contribution in [-0.4, -0.2) is 11.7 Å². The molecule has 3 nitrogen and oxygen atoms in total. The average Bonchev–Trinajstić information content (AvgIpc) is 2.90. The molecule has 0 fully saturated rings. The molecule has 108 valence electrons. The molecule has 0 aliphatic rings. The van der Waals surface area contributed by atoms with E-state index in [1.54, 1.807) is 36.4 Å². The van der Waals surface area contributed by atoms with Crippen molar-refractivity contribution in [3.8, 4) is 5.75 Å². The number of furan rings is 1. The van der Waals surface area contributed by atoms with E-state index in [4.69, 9.17) is 9.15 Å². The lowest BCUT2D eigenvalue weighted by Crippen LogP contribution is -1.98. The molecule has 1 heterocycles. The maximum Gasteiger partial charge on any atom is 0.138 e. The quantitative estimate of drug-likeness (QED) is 0.786. The largest absolute Gasteiger partial charge is 0.494 e. The van der Waals surface area contributed by atoms with Crippen LogP contribution in [0.2, 0.25) is 0 Å². The van der Waals surface area contributed by atoms with Crippen LogP contribution in [0.1, 0.15) is 24.4 Å².